The number of benzene rings is 12. The largest absolute Gasteiger partial charge is 0.310 e. The number of rotatable bonds is 10. The van der Waals surface area contributed by atoms with Gasteiger partial charge in [0.25, 0.3) is 0 Å². The van der Waals surface area contributed by atoms with Crippen molar-refractivity contribution in [1.29, 1.82) is 0 Å². The summed E-state index contributed by atoms with van der Waals surface area (Å²) in [5, 5.41) is 4.88. The van der Waals surface area contributed by atoms with Crippen LogP contribution in [0.1, 0.15) is 22.3 Å². The monoisotopic (exact) mass is 904 g/mol. The lowest BCUT2D eigenvalue weighted by Gasteiger charge is -2.34. The molecule has 1 aliphatic rings. The minimum atomic E-state index is -0.513. The first kappa shape index (κ1) is 41.9. The van der Waals surface area contributed by atoms with E-state index >= 15 is 0 Å². The molecule has 1 aliphatic carbocycles. The van der Waals surface area contributed by atoms with Crippen LogP contribution in [0.3, 0.4) is 0 Å². The first-order valence-electron chi connectivity index (χ1n) is 24.5. The van der Waals surface area contributed by atoms with E-state index in [1.165, 1.54) is 77.2 Å². The molecule has 0 saturated heterocycles. The predicted octanol–water partition coefficient (Wildman–Crippen LogP) is 18.6. The van der Waals surface area contributed by atoms with Gasteiger partial charge in [-0.3, -0.25) is 0 Å². The van der Waals surface area contributed by atoms with Crippen molar-refractivity contribution in [3.63, 3.8) is 0 Å². The van der Waals surface area contributed by atoms with Crippen LogP contribution in [0.5, 0.6) is 0 Å². The van der Waals surface area contributed by atoms with Gasteiger partial charge in [-0.2, -0.15) is 0 Å². The molecule has 334 valence electrons. The molecule has 12 aromatic rings. The summed E-state index contributed by atoms with van der Waals surface area (Å²) in [6.45, 7) is 0. The molecule has 0 aliphatic heterocycles. The second-order valence-corrected chi connectivity index (χ2v) is 18.4. The maximum Gasteiger partial charge on any atom is 0.0713 e. The Morgan fingerprint density at radius 3 is 0.944 bits per heavy atom. The van der Waals surface area contributed by atoms with Gasteiger partial charge in [0, 0.05) is 33.5 Å². The van der Waals surface area contributed by atoms with Crippen LogP contribution < -0.4 is 9.80 Å². The summed E-state index contributed by atoms with van der Waals surface area (Å²) in [5.74, 6) is 0. The third-order valence-electron chi connectivity index (χ3n) is 14.5. The van der Waals surface area contributed by atoms with Crippen LogP contribution >= 0.6 is 0 Å². The van der Waals surface area contributed by atoms with Crippen LogP contribution in [0.25, 0.3) is 54.9 Å². The number of hydrogen-bond acceptors (Lipinski definition) is 2. The van der Waals surface area contributed by atoms with Crippen molar-refractivity contribution in [1.82, 2.24) is 0 Å². The molecule has 0 radical (unpaired) electrons. The zero-order chi connectivity index (χ0) is 47.1. The van der Waals surface area contributed by atoms with Crippen molar-refractivity contribution in [2.75, 3.05) is 9.80 Å². The smallest absolute Gasteiger partial charge is 0.0713 e. The summed E-state index contributed by atoms with van der Waals surface area (Å²) >= 11 is 0. The number of anilines is 6. The van der Waals surface area contributed by atoms with Crippen molar-refractivity contribution in [3.8, 4) is 33.4 Å². The highest BCUT2D eigenvalue weighted by Gasteiger charge is 2.45. The quantitative estimate of drug-likeness (QED) is 0.135. The van der Waals surface area contributed by atoms with Crippen molar-refractivity contribution in [2.24, 2.45) is 0 Å². The minimum absolute atomic E-state index is 0.513. The van der Waals surface area contributed by atoms with E-state index in [-0.39, 0.29) is 0 Å². The molecule has 0 fully saturated rings. The van der Waals surface area contributed by atoms with Crippen molar-refractivity contribution < 1.29 is 0 Å². The fourth-order valence-corrected chi connectivity index (χ4v) is 11.3. The van der Waals surface area contributed by atoms with Gasteiger partial charge in [0.05, 0.1) is 16.8 Å². The first-order valence-corrected chi connectivity index (χ1v) is 24.5. The Bertz CT molecular complexity index is 3570. The van der Waals surface area contributed by atoms with E-state index < -0.39 is 5.41 Å². The van der Waals surface area contributed by atoms with E-state index in [1.54, 1.807) is 0 Å². The molecule has 2 nitrogen and oxygen atoms in total. The molecule has 0 heterocycles. The van der Waals surface area contributed by atoms with E-state index in [4.69, 9.17) is 0 Å². The average Bonchev–Trinajstić information content (AvgIpc) is 3.75. The normalized spacial score (nSPS) is 12.3. The Morgan fingerprint density at radius 2 is 0.535 bits per heavy atom. The highest BCUT2D eigenvalue weighted by Crippen LogP contribution is 2.56. The fourth-order valence-electron chi connectivity index (χ4n) is 11.3. The molecule has 0 spiro atoms. The number of para-hydroxylation sites is 2. The molecular formula is C69H48N2. The summed E-state index contributed by atoms with van der Waals surface area (Å²) in [4.78, 5) is 4.72. The predicted molar refractivity (Wildman–Crippen MR) is 299 cm³/mol. The van der Waals surface area contributed by atoms with Crippen molar-refractivity contribution >= 4 is 55.7 Å². The van der Waals surface area contributed by atoms with Gasteiger partial charge in [-0.15, -0.1) is 0 Å². The Labute approximate surface area is 415 Å². The van der Waals surface area contributed by atoms with Crippen LogP contribution in [-0.4, -0.2) is 0 Å². The SMILES string of the molecule is c1ccc(N(c2ccc(-c3ccc(C4(c5ccc(-c6ccc(N(c7ccccc7)c7cccc8ccccc78)cc6)cc5)c5ccccc5-c5ccccc54)cc3)cc2)c2cccc3ccccc23)cc1. The van der Waals surface area contributed by atoms with Crippen molar-refractivity contribution in [2.45, 2.75) is 5.41 Å². The van der Waals surface area contributed by atoms with E-state index in [9.17, 15) is 0 Å². The molecule has 0 bridgehead atoms. The van der Waals surface area contributed by atoms with E-state index in [1.807, 2.05) is 0 Å². The summed E-state index contributed by atoms with van der Waals surface area (Å²) in [6, 6.07) is 106. The summed E-state index contributed by atoms with van der Waals surface area (Å²) in [6.07, 6.45) is 0. The number of fused-ring (bicyclic) bond motifs is 5. The summed E-state index contributed by atoms with van der Waals surface area (Å²) < 4.78 is 0. The van der Waals surface area contributed by atoms with Gasteiger partial charge >= 0.3 is 0 Å². The van der Waals surface area contributed by atoms with Crippen LogP contribution in [0, 0.1) is 0 Å². The van der Waals surface area contributed by atoms with Gasteiger partial charge in [-0.25, -0.2) is 0 Å². The van der Waals surface area contributed by atoms with E-state index in [0.717, 1.165) is 34.1 Å². The third-order valence-corrected chi connectivity index (χ3v) is 14.5. The molecule has 0 unspecified atom stereocenters. The Hall–Kier alpha value is -9.24. The van der Waals surface area contributed by atoms with Crippen molar-refractivity contribution in [3.05, 3.63) is 313 Å². The minimum Gasteiger partial charge on any atom is -0.310 e. The zero-order valence-corrected chi connectivity index (χ0v) is 39.1. The van der Waals surface area contributed by atoms with Crippen LogP contribution in [0.4, 0.5) is 34.1 Å². The standard InChI is InChI=1S/C69H48N2/c1-3-21-57(22-4-1)70(67-31-15-19-53-17-7-9-25-61(53)67)59-45-37-51(38-46-59)49-33-41-55(42-34-49)69(65-29-13-11-27-63(65)64-28-12-14-30-66(64)69)56-43-35-50(36-44-56)52-39-47-60(48-40-52)71(58-23-5-2-6-24-58)68-32-16-20-54-18-8-10-26-62(54)68/h1-48H. The molecule has 12 aromatic carbocycles. The van der Waals surface area contributed by atoms with Crippen LogP contribution in [-0.2, 0) is 5.41 Å². The van der Waals surface area contributed by atoms with Gasteiger partial charge in [0.2, 0.25) is 0 Å². The topological polar surface area (TPSA) is 6.48 Å². The fraction of sp³-hybridized carbons (Fsp3) is 0.0145. The highest BCUT2D eigenvalue weighted by molar-refractivity contribution is 6.00. The molecule has 13 rings (SSSR count). The number of nitrogens with zero attached hydrogens (tertiary/aromatic N) is 2. The molecule has 2 heteroatoms. The first-order chi connectivity index (χ1) is 35.2. The van der Waals surface area contributed by atoms with E-state index in [0.29, 0.717) is 0 Å². The second kappa shape index (κ2) is 17.7. The molecule has 0 saturated carbocycles. The van der Waals surface area contributed by atoms with Gasteiger partial charge in [0.1, 0.15) is 0 Å². The third kappa shape index (κ3) is 7.19. The van der Waals surface area contributed by atoms with Crippen LogP contribution in [0.15, 0.2) is 291 Å². The Kier molecular flexibility index (Phi) is 10.4. The lowest BCUT2D eigenvalue weighted by molar-refractivity contribution is 0.769. The highest BCUT2D eigenvalue weighted by atomic mass is 15.1. The van der Waals surface area contributed by atoms with Gasteiger partial charge in [0.15, 0.2) is 0 Å². The van der Waals surface area contributed by atoms with E-state index in [2.05, 4.69) is 301 Å². The Balaban J connectivity index is 0.857. The molecule has 0 aromatic heterocycles. The molecule has 71 heavy (non-hydrogen) atoms. The summed E-state index contributed by atoms with van der Waals surface area (Å²) in [7, 11) is 0. The maximum absolute atomic E-state index is 2.36. The Morgan fingerprint density at radius 1 is 0.225 bits per heavy atom. The lowest BCUT2D eigenvalue weighted by atomic mass is 9.67. The zero-order valence-electron chi connectivity index (χ0n) is 39.1. The average molecular weight is 905 g/mol. The van der Waals surface area contributed by atoms with Gasteiger partial charge < -0.3 is 9.80 Å². The summed E-state index contributed by atoms with van der Waals surface area (Å²) in [5.41, 5.74) is 18.6. The van der Waals surface area contributed by atoms with Crippen LogP contribution in [0.2, 0.25) is 0 Å². The lowest BCUT2D eigenvalue weighted by Crippen LogP contribution is -2.28. The molecule has 0 amide bonds. The van der Waals surface area contributed by atoms with Gasteiger partial charge in [-0.05, 0) is 127 Å². The molecule has 0 N–H and O–H groups in total. The number of hydrogen-bond donors (Lipinski definition) is 0. The molecule has 0 atom stereocenters. The molecular weight excluding hydrogens is 857 g/mol. The second-order valence-electron chi connectivity index (χ2n) is 18.4. The maximum atomic E-state index is 2.36. The van der Waals surface area contributed by atoms with Gasteiger partial charge in [-0.1, -0.05) is 231 Å².